The minimum Gasteiger partial charge on any atom is -0.361 e. The maximum atomic E-state index is 5.22. The second-order valence-electron chi connectivity index (χ2n) is 7.40. The van der Waals surface area contributed by atoms with Gasteiger partial charge in [0.15, 0.2) is 5.96 Å². The van der Waals surface area contributed by atoms with Crippen molar-refractivity contribution in [2.45, 2.75) is 58.5 Å². The Morgan fingerprint density at radius 1 is 1.38 bits per heavy atom. The molecule has 2 rings (SSSR count). The van der Waals surface area contributed by atoms with Crippen molar-refractivity contribution in [1.29, 1.82) is 0 Å². The third kappa shape index (κ3) is 4.29. The fourth-order valence-electron chi connectivity index (χ4n) is 3.75. The van der Waals surface area contributed by atoms with Crippen molar-refractivity contribution in [3.8, 4) is 0 Å². The zero-order valence-electron chi connectivity index (χ0n) is 16.1. The maximum Gasteiger partial charge on any atom is 0.191 e. The summed E-state index contributed by atoms with van der Waals surface area (Å²) >= 11 is 0. The van der Waals surface area contributed by atoms with E-state index in [0.717, 1.165) is 35.4 Å². The predicted molar refractivity (Wildman–Crippen MR) is 98.2 cm³/mol. The smallest absolute Gasteiger partial charge is 0.191 e. The zero-order valence-corrected chi connectivity index (χ0v) is 16.1. The van der Waals surface area contributed by atoms with Crippen LogP contribution in [0.15, 0.2) is 9.52 Å². The molecule has 1 aliphatic rings. The van der Waals surface area contributed by atoms with Gasteiger partial charge in [-0.3, -0.25) is 4.99 Å². The molecule has 1 saturated carbocycles. The number of nitrogens with one attached hydrogen (secondary N) is 2. The molecule has 0 saturated heterocycles. The van der Waals surface area contributed by atoms with Crippen molar-refractivity contribution in [2.75, 3.05) is 27.7 Å². The Kier molecular flexibility index (Phi) is 6.27. The number of rotatable bonds is 5. The summed E-state index contributed by atoms with van der Waals surface area (Å²) < 4.78 is 5.22. The summed E-state index contributed by atoms with van der Waals surface area (Å²) in [6.07, 6.45) is 5.10. The minimum atomic E-state index is 0.207. The number of hydrogen-bond donors (Lipinski definition) is 2. The largest absolute Gasteiger partial charge is 0.361 e. The summed E-state index contributed by atoms with van der Waals surface area (Å²) in [6.45, 7) is 7.85. The molecule has 0 radical (unpaired) electrons. The highest BCUT2D eigenvalue weighted by Crippen LogP contribution is 2.35. The molecule has 2 unspecified atom stereocenters. The lowest BCUT2D eigenvalue weighted by molar-refractivity contribution is 0.0795. The summed E-state index contributed by atoms with van der Waals surface area (Å²) in [7, 11) is 6.20. The number of aromatic nitrogens is 1. The third-order valence-corrected chi connectivity index (χ3v) is 5.44. The van der Waals surface area contributed by atoms with E-state index in [2.05, 4.69) is 46.7 Å². The molecule has 1 heterocycles. The molecule has 0 aromatic carbocycles. The van der Waals surface area contributed by atoms with Gasteiger partial charge in [0, 0.05) is 31.2 Å². The van der Waals surface area contributed by atoms with E-state index in [-0.39, 0.29) is 5.54 Å². The number of likely N-dealkylation sites (N-methyl/N-ethyl adjacent to an activating group) is 1. The van der Waals surface area contributed by atoms with Gasteiger partial charge >= 0.3 is 0 Å². The van der Waals surface area contributed by atoms with Gasteiger partial charge in [-0.25, -0.2) is 0 Å². The van der Waals surface area contributed by atoms with Crippen LogP contribution in [0.3, 0.4) is 0 Å². The molecule has 2 atom stereocenters. The van der Waals surface area contributed by atoms with Crippen molar-refractivity contribution in [1.82, 2.24) is 20.7 Å². The normalized spacial score (nSPS) is 25.1. The van der Waals surface area contributed by atoms with Crippen molar-refractivity contribution < 1.29 is 4.52 Å². The molecule has 0 aliphatic heterocycles. The molecule has 1 aromatic rings. The standard InChI is InChI=1S/C18H33N5O/c1-13-8-7-9-18(10-13,23(5)6)12-21-17(19-4)20-11-16-14(2)22-24-15(16)3/h13H,7-12H2,1-6H3,(H2,19,20,21). The number of aliphatic imine (C=N–C) groups is 1. The van der Waals surface area contributed by atoms with Gasteiger partial charge in [0.25, 0.3) is 0 Å². The Bertz CT molecular complexity index is 546. The van der Waals surface area contributed by atoms with Gasteiger partial charge in [-0.15, -0.1) is 0 Å². The van der Waals surface area contributed by atoms with E-state index in [4.69, 9.17) is 4.52 Å². The van der Waals surface area contributed by atoms with E-state index in [1.54, 1.807) is 0 Å². The third-order valence-electron chi connectivity index (χ3n) is 5.44. The number of guanidine groups is 1. The molecule has 0 spiro atoms. The first-order valence-electron chi connectivity index (χ1n) is 8.91. The predicted octanol–water partition coefficient (Wildman–Crippen LogP) is 2.47. The second kappa shape index (κ2) is 8.01. The van der Waals surface area contributed by atoms with Crippen LogP contribution in [-0.2, 0) is 6.54 Å². The second-order valence-corrected chi connectivity index (χ2v) is 7.40. The van der Waals surface area contributed by atoms with Crippen LogP contribution in [0.1, 0.15) is 49.6 Å². The quantitative estimate of drug-likeness (QED) is 0.639. The van der Waals surface area contributed by atoms with Gasteiger partial charge in [0.2, 0.25) is 0 Å². The Labute approximate surface area is 146 Å². The molecule has 0 bridgehead atoms. The van der Waals surface area contributed by atoms with E-state index in [0.29, 0.717) is 6.54 Å². The Morgan fingerprint density at radius 3 is 2.67 bits per heavy atom. The van der Waals surface area contributed by atoms with E-state index < -0.39 is 0 Å². The molecule has 0 amide bonds. The van der Waals surface area contributed by atoms with Crippen LogP contribution in [-0.4, -0.2) is 49.2 Å². The maximum absolute atomic E-state index is 5.22. The van der Waals surface area contributed by atoms with Gasteiger partial charge in [-0.05, 0) is 46.7 Å². The number of hydrogen-bond acceptors (Lipinski definition) is 4. The Morgan fingerprint density at radius 2 is 2.12 bits per heavy atom. The fraction of sp³-hybridized carbons (Fsp3) is 0.778. The van der Waals surface area contributed by atoms with Crippen LogP contribution in [0.4, 0.5) is 0 Å². The highest BCUT2D eigenvalue weighted by molar-refractivity contribution is 5.79. The SMILES string of the molecule is CN=C(NCc1c(C)noc1C)NCC1(N(C)C)CCCC(C)C1. The topological polar surface area (TPSA) is 65.7 Å². The summed E-state index contributed by atoms with van der Waals surface area (Å²) in [5.74, 6) is 2.47. The van der Waals surface area contributed by atoms with Crippen LogP contribution in [0, 0.1) is 19.8 Å². The Balaban J connectivity index is 1.95. The van der Waals surface area contributed by atoms with Crippen molar-refractivity contribution >= 4 is 5.96 Å². The van der Waals surface area contributed by atoms with Gasteiger partial charge in [-0.2, -0.15) is 0 Å². The highest BCUT2D eigenvalue weighted by Gasteiger charge is 2.36. The molecule has 1 fully saturated rings. The summed E-state index contributed by atoms with van der Waals surface area (Å²) in [6, 6.07) is 0. The lowest BCUT2D eigenvalue weighted by atomic mass is 9.75. The molecule has 6 heteroatoms. The molecule has 1 aromatic heterocycles. The van der Waals surface area contributed by atoms with Crippen molar-refractivity contribution in [2.24, 2.45) is 10.9 Å². The highest BCUT2D eigenvalue weighted by atomic mass is 16.5. The molecule has 24 heavy (non-hydrogen) atoms. The van der Waals surface area contributed by atoms with E-state index in [1.165, 1.54) is 25.7 Å². The first-order valence-corrected chi connectivity index (χ1v) is 8.91. The minimum absolute atomic E-state index is 0.207. The summed E-state index contributed by atoms with van der Waals surface area (Å²) in [5, 5.41) is 10.9. The van der Waals surface area contributed by atoms with Crippen LogP contribution >= 0.6 is 0 Å². The average Bonchev–Trinajstić information content (AvgIpc) is 2.86. The zero-order chi connectivity index (χ0) is 17.7. The van der Waals surface area contributed by atoms with E-state index >= 15 is 0 Å². The van der Waals surface area contributed by atoms with Crippen LogP contribution in [0.2, 0.25) is 0 Å². The average molecular weight is 335 g/mol. The van der Waals surface area contributed by atoms with E-state index in [9.17, 15) is 0 Å². The summed E-state index contributed by atoms with van der Waals surface area (Å²) in [4.78, 5) is 6.75. The molecular weight excluding hydrogens is 302 g/mol. The van der Waals surface area contributed by atoms with Crippen LogP contribution in [0.25, 0.3) is 0 Å². The number of nitrogens with zero attached hydrogens (tertiary/aromatic N) is 3. The molecule has 6 nitrogen and oxygen atoms in total. The lowest BCUT2D eigenvalue weighted by Crippen LogP contribution is -2.56. The van der Waals surface area contributed by atoms with Gasteiger partial charge in [0.1, 0.15) is 5.76 Å². The monoisotopic (exact) mass is 335 g/mol. The molecular formula is C18H33N5O. The lowest BCUT2D eigenvalue weighted by Gasteiger charge is -2.45. The van der Waals surface area contributed by atoms with Crippen LogP contribution < -0.4 is 10.6 Å². The Hall–Kier alpha value is -1.56. The molecule has 1 aliphatic carbocycles. The van der Waals surface area contributed by atoms with Gasteiger partial charge < -0.3 is 20.1 Å². The van der Waals surface area contributed by atoms with Gasteiger partial charge in [0.05, 0.1) is 5.69 Å². The first-order chi connectivity index (χ1) is 11.4. The van der Waals surface area contributed by atoms with Crippen molar-refractivity contribution in [3.63, 3.8) is 0 Å². The van der Waals surface area contributed by atoms with E-state index in [1.807, 2.05) is 20.9 Å². The van der Waals surface area contributed by atoms with Gasteiger partial charge in [-0.1, -0.05) is 24.9 Å². The van der Waals surface area contributed by atoms with Crippen LogP contribution in [0.5, 0.6) is 0 Å². The van der Waals surface area contributed by atoms with Crippen molar-refractivity contribution in [3.05, 3.63) is 17.0 Å². The first kappa shape index (κ1) is 18.8. The molecule has 136 valence electrons. The fourth-order valence-corrected chi connectivity index (χ4v) is 3.75. The number of aryl methyl sites for hydroxylation is 2. The summed E-state index contributed by atoms with van der Waals surface area (Å²) in [5.41, 5.74) is 2.24. The molecule has 2 N–H and O–H groups in total.